The molecule has 4 aliphatic heterocycles. The quantitative estimate of drug-likeness (QED) is 0.0914. The molecule has 3 amide bonds. The molecule has 1 radical (unpaired) electrons. The number of H-pyrrole nitrogens is 2. The largest absolute Gasteiger partial charge is 0.453 e. The van der Waals surface area contributed by atoms with E-state index in [1.54, 1.807) is 86.7 Å². The van der Waals surface area contributed by atoms with Crippen LogP contribution in [-0.2, 0) is 20.0 Å². The van der Waals surface area contributed by atoms with Gasteiger partial charge in [-0.25, -0.2) is 36.7 Å². The number of alkyl halides is 1. The van der Waals surface area contributed by atoms with E-state index in [9.17, 15) is 14.4 Å². The Labute approximate surface area is 462 Å². The summed E-state index contributed by atoms with van der Waals surface area (Å²) in [5.74, 6) is -3.12. The van der Waals surface area contributed by atoms with Crippen LogP contribution in [0.4, 0.5) is 38.1 Å². The number of nitrogens with zero attached hydrogens (tertiary/aromatic N) is 6. The van der Waals surface area contributed by atoms with Gasteiger partial charge >= 0.3 is 6.09 Å². The SMILES string of the molecule is COC(=O)N[C@H](C(=O)N1CCC[C@H]1c1nc2cc([C@H]3CC[C@H](c4cc5nc([C@@H]6CCCN6C(=O)[CH]C(C)C)[nH]c5cc4F)N3c3cc(F)c(N4CCC(C(F)(c5ccccc5)c5ccccc5)CC4)c(F)c3)c(F)cc2[nH]1)C(C)C. The molecule has 3 N–H and O–H groups in total. The number of imidazole rings is 2. The van der Waals surface area contributed by atoms with Crippen molar-refractivity contribution in [3.05, 3.63) is 161 Å². The van der Waals surface area contributed by atoms with Crippen LogP contribution in [0.15, 0.2) is 97.1 Å². The highest BCUT2D eigenvalue weighted by Crippen LogP contribution is 2.51. The van der Waals surface area contributed by atoms with E-state index in [2.05, 4.69) is 15.3 Å². The van der Waals surface area contributed by atoms with Gasteiger partial charge < -0.3 is 39.6 Å². The Morgan fingerprint density at radius 2 is 1.15 bits per heavy atom. The number of anilines is 2. The summed E-state index contributed by atoms with van der Waals surface area (Å²) in [6, 6.07) is 22.9. The first-order valence-electron chi connectivity index (χ1n) is 28.0. The lowest BCUT2D eigenvalue weighted by Gasteiger charge is -2.41. The number of carbonyl (C=O) groups excluding carboxylic acids is 3. The fourth-order valence-electron chi connectivity index (χ4n) is 13.1. The molecule has 7 aromatic rings. The Balaban J connectivity index is 0.936. The van der Waals surface area contributed by atoms with Crippen molar-refractivity contribution in [2.45, 2.75) is 115 Å². The fourth-order valence-corrected chi connectivity index (χ4v) is 13.1. The average molecular weight is 1100 g/mol. The molecular formula is C62H67F5N9O4. The van der Waals surface area contributed by atoms with E-state index in [-0.39, 0.29) is 78.1 Å². The number of aromatic amines is 2. The van der Waals surface area contributed by atoms with E-state index < -0.39 is 65.1 Å². The lowest BCUT2D eigenvalue weighted by atomic mass is 9.73. The highest BCUT2D eigenvalue weighted by molar-refractivity contribution is 5.87. The number of rotatable bonds is 14. The molecule has 0 unspecified atom stereocenters. The number of alkyl carbamates (subject to hydrolysis) is 1. The Morgan fingerprint density at radius 1 is 0.650 bits per heavy atom. The summed E-state index contributed by atoms with van der Waals surface area (Å²) in [5.41, 5.74) is 0.970. The van der Waals surface area contributed by atoms with Crippen molar-refractivity contribution in [1.82, 2.24) is 35.1 Å². The third kappa shape index (κ3) is 10.1. The summed E-state index contributed by atoms with van der Waals surface area (Å²) in [4.78, 5) is 62.6. The molecule has 5 atom stereocenters. The highest BCUT2D eigenvalue weighted by Gasteiger charge is 2.46. The number of carbonyl (C=O) groups is 3. The number of halogens is 5. The summed E-state index contributed by atoms with van der Waals surface area (Å²) in [7, 11) is 1.23. The summed E-state index contributed by atoms with van der Waals surface area (Å²) in [5, 5.41) is 2.66. The highest BCUT2D eigenvalue weighted by atomic mass is 19.2. The summed E-state index contributed by atoms with van der Waals surface area (Å²) in [6.45, 7) is 8.84. The zero-order chi connectivity index (χ0) is 56.1. The van der Waals surface area contributed by atoms with Crippen molar-refractivity contribution in [1.29, 1.82) is 0 Å². The number of methoxy groups -OCH3 is 1. The molecule has 11 rings (SSSR count). The predicted molar refractivity (Wildman–Crippen MR) is 296 cm³/mol. The molecule has 419 valence electrons. The molecule has 13 nitrogen and oxygen atoms in total. The summed E-state index contributed by atoms with van der Waals surface area (Å²) >= 11 is 0. The molecule has 80 heavy (non-hydrogen) atoms. The van der Waals surface area contributed by atoms with E-state index in [1.165, 1.54) is 31.4 Å². The number of hydrogen-bond donors (Lipinski definition) is 3. The van der Waals surface area contributed by atoms with Crippen molar-refractivity contribution < 1.29 is 41.1 Å². The summed E-state index contributed by atoms with van der Waals surface area (Å²) < 4.78 is 90.8. The van der Waals surface area contributed by atoms with Gasteiger partial charge in [-0.05, 0) is 111 Å². The molecule has 0 aliphatic carbocycles. The molecule has 2 aromatic heterocycles. The van der Waals surface area contributed by atoms with Gasteiger partial charge in [0.25, 0.3) is 0 Å². The second-order valence-electron chi connectivity index (χ2n) is 22.7. The lowest BCUT2D eigenvalue weighted by molar-refractivity contribution is -0.135. The summed E-state index contributed by atoms with van der Waals surface area (Å²) in [6.07, 6.45) is 4.73. The monoisotopic (exact) mass is 1100 g/mol. The average Bonchev–Trinajstić information content (AvgIpc) is 4.32. The Morgan fingerprint density at radius 3 is 1.64 bits per heavy atom. The molecule has 0 spiro atoms. The van der Waals surface area contributed by atoms with Crippen molar-refractivity contribution in [3.63, 3.8) is 0 Å². The first kappa shape index (κ1) is 54.5. The fraction of sp³-hybridized carbons (Fsp3) is 0.419. The first-order chi connectivity index (χ1) is 38.5. The van der Waals surface area contributed by atoms with Crippen LogP contribution in [0.1, 0.15) is 137 Å². The topological polar surface area (TPSA) is 143 Å². The van der Waals surface area contributed by atoms with Crippen LogP contribution in [0.2, 0.25) is 0 Å². The van der Waals surface area contributed by atoms with Crippen molar-refractivity contribution >= 4 is 51.3 Å². The third-order valence-corrected chi connectivity index (χ3v) is 17.0. The molecular weight excluding hydrogens is 1030 g/mol. The van der Waals surface area contributed by atoms with Crippen LogP contribution in [0.25, 0.3) is 22.1 Å². The van der Waals surface area contributed by atoms with Crippen LogP contribution in [0.5, 0.6) is 0 Å². The Hall–Kier alpha value is -7.50. The van der Waals surface area contributed by atoms with Crippen LogP contribution >= 0.6 is 0 Å². The van der Waals surface area contributed by atoms with E-state index in [4.69, 9.17) is 14.7 Å². The van der Waals surface area contributed by atoms with Gasteiger partial charge in [-0.3, -0.25) is 9.59 Å². The second-order valence-corrected chi connectivity index (χ2v) is 22.7. The number of ether oxygens (including phenoxy) is 1. The zero-order valence-corrected chi connectivity index (χ0v) is 45.6. The molecule has 4 aliphatic rings. The number of amides is 3. The molecule has 4 saturated heterocycles. The normalized spacial score (nSPS) is 20.5. The van der Waals surface area contributed by atoms with Gasteiger partial charge in [0.15, 0.2) is 17.3 Å². The molecule has 4 fully saturated rings. The minimum atomic E-state index is -1.85. The Kier molecular flexibility index (Phi) is 15.1. The maximum atomic E-state index is 17.7. The number of aromatic nitrogens is 4. The van der Waals surface area contributed by atoms with Crippen molar-refractivity contribution in [3.8, 4) is 0 Å². The van der Waals surface area contributed by atoms with Crippen LogP contribution in [0, 0.1) is 47.4 Å². The van der Waals surface area contributed by atoms with Gasteiger partial charge in [0, 0.05) is 48.9 Å². The molecule has 18 heteroatoms. The van der Waals surface area contributed by atoms with E-state index in [0.717, 1.165) is 6.42 Å². The van der Waals surface area contributed by atoms with E-state index >= 15 is 22.0 Å². The van der Waals surface area contributed by atoms with Crippen LogP contribution in [-0.4, -0.2) is 87.0 Å². The Bertz CT molecular complexity index is 3360. The number of nitrogens with one attached hydrogen (secondary N) is 3. The minimum Gasteiger partial charge on any atom is -0.453 e. The number of fused-ring (bicyclic) bond motifs is 2. The van der Waals surface area contributed by atoms with Gasteiger partial charge in [-0.2, -0.15) is 0 Å². The van der Waals surface area contributed by atoms with Crippen molar-refractivity contribution in [2.24, 2.45) is 17.8 Å². The van der Waals surface area contributed by atoms with Gasteiger partial charge in [0.05, 0.1) is 59.8 Å². The standard InChI is InChI=1S/C62H67F5N9O4/c1-35(2)28-55(77)74-24-12-18-53(74)58-68-47-31-41(43(63)33-49(47)70-58)51-20-21-52(42-32-48-50(34-44(42)64)71-59(69-48)54-19-13-25-75(54)60(78)56(36(3)4)72-61(79)80-5)76(51)40-29-45(65)57(46(66)30-40)73-26-22-39(23-27-73)62(67,37-14-8-6-9-15-37)38-16-10-7-11-17-38/h6-11,14-17,28-36,39,51-54,56H,12-13,18-27H2,1-5H3,(H,68,70)(H,69,71)(H,72,79)/t51-,52-,53+,54+,56+/m1/s1. The maximum absolute atomic E-state index is 17.7. The van der Waals surface area contributed by atoms with Gasteiger partial charge in [-0.15, -0.1) is 0 Å². The van der Waals surface area contributed by atoms with E-state index in [0.29, 0.717) is 90.0 Å². The number of hydrogen-bond acceptors (Lipinski definition) is 8. The lowest BCUT2D eigenvalue weighted by Crippen LogP contribution is -2.51. The number of benzene rings is 5. The van der Waals surface area contributed by atoms with Crippen molar-refractivity contribution in [2.75, 3.05) is 43.1 Å². The first-order valence-corrected chi connectivity index (χ1v) is 28.0. The second kappa shape index (κ2) is 22.2. The molecule has 5 aromatic carbocycles. The molecule has 0 saturated carbocycles. The number of likely N-dealkylation sites (tertiary alicyclic amines) is 2. The molecule has 0 bridgehead atoms. The van der Waals surface area contributed by atoms with Gasteiger partial charge in [-0.1, -0.05) is 88.4 Å². The van der Waals surface area contributed by atoms with E-state index in [1.807, 2.05) is 39.8 Å². The van der Waals surface area contributed by atoms with Crippen LogP contribution < -0.4 is 15.1 Å². The van der Waals surface area contributed by atoms with Gasteiger partial charge in [0.1, 0.15) is 35.0 Å². The minimum absolute atomic E-state index is 0.0443. The van der Waals surface area contributed by atoms with Gasteiger partial charge in [0.2, 0.25) is 11.8 Å². The van der Waals surface area contributed by atoms with Crippen LogP contribution in [0.3, 0.4) is 0 Å². The number of piperidine rings is 1. The smallest absolute Gasteiger partial charge is 0.407 e. The maximum Gasteiger partial charge on any atom is 0.407 e. The molecule has 6 heterocycles. The predicted octanol–water partition coefficient (Wildman–Crippen LogP) is 12.8. The zero-order valence-electron chi connectivity index (χ0n) is 45.6. The third-order valence-electron chi connectivity index (χ3n) is 17.0.